The molecule has 0 amide bonds. The van der Waals surface area contributed by atoms with E-state index in [4.69, 9.17) is 0 Å². The number of anilines is 2. The van der Waals surface area contributed by atoms with Gasteiger partial charge in [-0.25, -0.2) is 0 Å². The highest BCUT2D eigenvalue weighted by molar-refractivity contribution is 5.56. The summed E-state index contributed by atoms with van der Waals surface area (Å²) in [5.74, 6) is 0. The van der Waals surface area contributed by atoms with Crippen molar-refractivity contribution < 1.29 is 0 Å². The van der Waals surface area contributed by atoms with E-state index in [1.54, 1.807) is 0 Å². The molecular formula is C13H18N2. The average molecular weight is 202 g/mol. The van der Waals surface area contributed by atoms with E-state index in [-0.39, 0.29) is 0 Å². The van der Waals surface area contributed by atoms with Crippen molar-refractivity contribution >= 4 is 11.4 Å². The molecule has 2 aliphatic rings. The van der Waals surface area contributed by atoms with Crippen molar-refractivity contribution in [3.8, 4) is 0 Å². The third-order valence-corrected chi connectivity index (χ3v) is 3.99. The van der Waals surface area contributed by atoms with Crippen LogP contribution in [-0.4, -0.2) is 20.1 Å². The van der Waals surface area contributed by atoms with Crippen molar-refractivity contribution in [2.24, 2.45) is 5.41 Å². The molecule has 0 aromatic heterocycles. The topological polar surface area (TPSA) is 15.3 Å². The van der Waals surface area contributed by atoms with Crippen LogP contribution in [0.5, 0.6) is 0 Å². The molecule has 3 rings (SSSR count). The Morgan fingerprint density at radius 1 is 1.13 bits per heavy atom. The molecule has 1 aromatic rings. The van der Waals surface area contributed by atoms with E-state index in [9.17, 15) is 0 Å². The fourth-order valence-corrected chi connectivity index (χ4v) is 2.78. The Morgan fingerprint density at radius 3 is 2.27 bits per heavy atom. The van der Waals surface area contributed by atoms with Crippen molar-refractivity contribution in [1.82, 2.24) is 0 Å². The molecule has 0 atom stereocenters. The standard InChI is InChI=1S/C13H18N2/c1-14-11-3-5-12(6-4-11)15-9-13(10-15)7-2-8-13/h3-6,14H,2,7-10H2,1H3. The van der Waals surface area contributed by atoms with Gasteiger partial charge in [-0.3, -0.25) is 0 Å². The number of hydrogen-bond donors (Lipinski definition) is 1. The van der Waals surface area contributed by atoms with Gasteiger partial charge >= 0.3 is 0 Å². The Bertz CT molecular complexity index is 343. The van der Waals surface area contributed by atoms with Crippen molar-refractivity contribution in [1.29, 1.82) is 0 Å². The Hall–Kier alpha value is -1.18. The number of nitrogens with zero attached hydrogens (tertiary/aromatic N) is 1. The third-order valence-electron chi connectivity index (χ3n) is 3.99. The van der Waals surface area contributed by atoms with Gasteiger partial charge in [0.05, 0.1) is 0 Å². The molecule has 1 saturated heterocycles. The predicted molar refractivity (Wildman–Crippen MR) is 64.5 cm³/mol. The maximum atomic E-state index is 3.15. The normalized spacial score (nSPS) is 22.1. The number of rotatable bonds is 2. The number of hydrogen-bond acceptors (Lipinski definition) is 2. The molecule has 2 heteroatoms. The van der Waals surface area contributed by atoms with Crippen LogP contribution in [0.1, 0.15) is 19.3 Å². The molecule has 1 aliphatic carbocycles. The zero-order chi connectivity index (χ0) is 10.3. The number of nitrogens with one attached hydrogen (secondary N) is 1. The first-order chi connectivity index (χ1) is 7.31. The molecule has 1 spiro atoms. The van der Waals surface area contributed by atoms with Crippen molar-refractivity contribution in [2.45, 2.75) is 19.3 Å². The van der Waals surface area contributed by atoms with Crippen LogP contribution < -0.4 is 10.2 Å². The molecule has 2 fully saturated rings. The van der Waals surface area contributed by atoms with Gasteiger partial charge in [0.15, 0.2) is 0 Å². The van der Waals surface area contributed by atoms with Gasteiger partial charge in [-0.2, -0.15) is 0 Å². The van der Waals surface area contributed by atoms with Crippen LogP contribution >= 0.6 is 0 Å². The highest BCUT2D eigenvalue weighted by Crippen LogP contribution is 2.49. The summed E-state index contributed by atoms with van der Waals surface area (Å²) >= 11 is 0. The molecule has 1 saturated carbocycles. The first-order valence-electron chi connectivity index (χ1n) is 5.84. The minimum absolute atomic E-state index is 0.724. The van der Waals surface area contributed by atoms with Gasteiger partial charge in [0, 0.05) is 36.9 Å². The van der Waals surface area contributed by atoms with E-state index < -0.39 is 0 Å². The minimum Gasteiger partial charge on any atom is -0.388 e. The quantitative estimate of drug-likeness (QED) is 0.793. The monoisotopic (exact) mass is 202 g/mol. The van der Waals surface area contributed by atoms with Gasteiger partial charge in [-0.15, -0.1) is 0 Å². The maximum absolute atomic E-state index is 3.15. The van der Waals surface area contributed by atoms with Crippen LogP contribution in [0.25, 0.3) is 0 Å². The maximum Gasteiger partial charge on any atom is 0.0368 e. The summed E-state index contributed by atoms with van der Waals surface area (Å²) in [4.78, 5) is 2.50. The zero-order valence-electron chi connectivity index (χ0n) is 9.29. The smallest absolute Gasteiger partial charge is 0.0368 e. The van der Waals surface area contributed by atoms with E-state index in [1.165, 1.54) is 43.7 Å². The molecule has 0 unspecified atom stereocenters. The van der Waals surface area contributed by atoms with Crippen molar-refractivity contribution in [3.63, 3.8) is 0 Å². The molecule has 1 heterocycles. The largest absolute Gasteiger partial charge is 0.388 e. The van der Waals surface area contributed by atoms with E-state index in [0.717, 1.165) is 5.41 Å². The van der Waals surface area contributed by atoms with Crippen molar-refractivity contribution in [2.75, 3.05) is 30.4 Å². The summed E-state index contributed by atoms with van der Waals surface area (Å²) in [7, 11) is 1.96. The molecule has 15 heavy (non-hydrogen) atoms. The summed E-state index contributed by atoms with van der Waals surface area (Å²) in [5.41, 5.74) is 3.30. The second-order valence-corrected chi connectivity index (χ2v) is 5.01. The zero-order valence-corrected chi connectivity index (χ0v) is 9.29. The number of benzene rings is 1. The lowest BCUT2D eigenvalue weighted by atomic mass is 9.63. The molecule has 2 nitrogen and oxygen atoms in total. The first-order valence-corrected chi connectivity index (χ1v) is 5.84. The first kappa shape index (κ1) is 9.08. The van der Waals surface area contributed by atoms with Gasteiger partial charge in [-0.1, -0.05) is 6.42 Å². The van der Waals surface area contributed by atoms with Crippen LogP contribution in [0.4, 0.5) is 11.4 Å². The highest BCUT2D eigenvalue weighted by Gasteiger charge is 2.47. The molecule has 1 aliphatic heterocycles. The van der Waals surface area contributed by atoms with E-state index in [0.29, 0.717) is 0 Å². The lowest BCUT2D eigenvalue weighted by Crippen LogP contribution is -2.59. The summed E-state index contributed by atoms with van der Waals surface area (Å²) in [5, 5.41) is 3.15. The lowest BCUT2D eigenvalue weighted by Gasteiger charge is -2.57. The summed E-state index contributed by atoms with van der Waals surface area (Å²) in [6, 6.07) is 8.75. The second-order valence-electron chi connectivity index (χ2n) is 5.01. The van der Waals surface area contributed by atoms with Crippen LogP contribution in [-0.2, 0) is 0 Å². The van der Waals surface area contributed by atoms with Crippen LogP contribution in [0.15, 0.2) is 24.3 Å². The van der Waals surface area contributed by atoms with Gasteiger partial charge in [0.25, 0.3) is 0 Å². The van der Waals surface area contributed by atoms with Gasteiger partial charge in [-0.05, 0) is 37.1 Å². The van der Waals surface area contributed by atoms with Crippen molar-refractivity contribution in [3.05, 3.63) is 24.3 Å². The third kappa shape index (κ3) is 1.39. The van der Waals surface area contributed by atoms with E-state index in [1.807, 2.05) is 7.05 Å². The average Bonchev–Trinajstić information content (AvgIpc) is 2.14. The summed E-state index contributed by atoms with van der Waals surface area (Å²) < 4.78 is 0. The highest BCUT2D eigenvalue weighted by atomic mass is 15.2. The Kier molecular flexibility index (Phi) is 1.91. The van der Waals surface area contributed by atoms with Gasteiger partial charge in [0.2, 0.25) is 0 Å². The molecule has 0 radical (unpaired) electrons. The van der Waals surface area contributed by atoms with Crippen LogP contribution in [0.3, 0.4) is 0 Å². The van der Waals surface area contributed by atoms with Gasteiger partial charge in [0.1, 0.15) is 0 Å². The molecule has 0 bridgehead atoms. The predicted octanol–water partition coefficient (Wildman–Crippen LogP) is 2.72. The molecule has 80 valence electrons. The fourth-order valence-electron chi connectivity index (χ4n) is 2.78. The summed E-state index contributed by atoms with van der Waals surface area (Å²) in [6.07, 6.45) is 4.36. The van der Waals surface area contributed by atoms with E-state index >= 15 is 0 Å². The molecular weight excluding hydrogens is 184 g/mol. The lowest BCUT2D eigenvalue weighted by molar-refractivity contribution is 0.0904. The Labute approximate surface area is 91.3 Å². The molecule has 1 N–H and O–H groups in total. The minimum atomic E-state index is 0.724. The Balaban J connectivity index is 1.67. The SMILES string of the molecule is CNc1ccc(N2CC3(CCC3)C2)cc1. The van der Waals surface area contributed by atoms with Crippen LogP contribution in [0, 0.1) is 5.41 Å². The summed E-state index contributed by atoms with van der Waals surface area (Å²) in [6.45, 7) is 2.57. The van der Waals surface area contributed by atoms with Gasteiger partial charge < -0.3 is 10.2 Å². The van der Waals surface area contributed by atoms with Crippen LogP contribution in [0.2, 0.25) is 0 Å². The Morgan fingerprint density at radius 2 is 1.80 bits per heavy atom. The fraction of sp³-hybridized carbons (Fsp3) is 0.538. The van der Waals surface area contributed by atoms with E-state index in [2.05, 4.69) is 34.5 Å². The molecule has 1 aromatic carbocycles. The second kappa shape index (κ2) is 3.16.